The largest absolute Gasteiger partial charge is 0.454 e. The number of fused-ring (bicyclic) bond motifs is 1. The van der Waals surface area contributed by atoms with Gasteiger partial charge < -0.3 is 19.5 Å². The van der Waals surface area contributed by atoms with Crippen molar-refractivity contribution in [3.63, 3.8) is 0 Å². The number of aliphatic hydroxyl groups is 1. The van der Waals surface area contributed by atoms with Crippen LogP contribution in [0.1, 0.15) is 30.4 Å². The van der Waals surface area contributed by atoms with Crippen molar-refractivity contribution in [3.8, 4) is 11.5 Å². The minimum Gasteiger partial charge on any atom is -0.454 e. The summed E-state index contributed by atoms with van der Waals surface area (Å²) in [5, 5.41) is 11.1. The van der Waals surface area contributed by atoms with Gasteiger partial charge in [0.25, 0.3) is 0 Å². The van der Waals surface area contributed by atoms with Gasteiger partial charge in [-0.15, -0.1) is 0 Å². The first-order chi connectivity index (χ1) is 12.1. The summed E-state index contributed by atoms with van der Waals surface area (Å²) in [7, 11) is 0. The molecule has 130 valence electrons. The minimum atomic E-state index is -1.09. The number of nitrogens with zero attached hydrogens (tertiary/aromatic N) is 1. The summed E-state index contributed by atoms with van der Waals surface area (Å²) in [4.78, 5) is 13.9. The van der Waals surface area contributed by atoms with E-state index in [0.717, 1.165) is 22.6 Å². The van der Waals surface area contributed by atoms with Crippen molar-refractivity contribution < 1.29 is 19.4 Å². The maximum atomic E-state index is 12.3. The van der Waals surface area contributed by atoms with Gasteiger partial charge in [0, 0.05) is 19.4 Å². The van der Waals surface area contributed by atoms with Crippen LogP contribution in [-0.4, -0.2) is 28.4 Å². The van der Waals surface area contributed by atoms with Gasteiger partial charge >= 0.3 is 0 Å². The maximum Gasteiger partial charge on any atom is 0.231 e. The predicted molar refractivity (Wildman–Crippen MR) is 92.1 cm³/mol. The summed E-state index contributed by atoms with van der Waals surface area (Å²) in [6.07, 6.45) is 2.05. The molecule has 0 bridgehead atoms. The normalized spacial score (nSPS) is 21.8. The Morgan fingerprint density at radius 2 is 1.84 bits per heavy atom. The van der Waals surface area contributed by atoms with Crippen LogP contribution in [0.4, 0.5) is 0 Å². The Morgan fingerprint density at radius 3 is 2.68 bits per heavy atom. The van der Waals surface area contributed by atoms with Crippen molar-refractivity contribution in [1.29, 1.82) is 0 Å². The molecule has 1 unspecified atom stereocenters. The molecule has 2 aliphatic rings. The van der Waals surface area contributed by atoms with Gasteiger partial charge in [-0.3, -0.25) is 4.79 Å². The van der Waals surface area contributed by atoms with Gasteiger partial charge in [0.2, 0.25) is 12.7 Å². The Bertz CT molecular complexity index is 777. The minimum absolute atomic E-state index is 0.0111. The predicted octanol–water partition coefficient (Wildman–Crippen LogP) is 2.86. The Labute approximate surface area is 146 Å². The molecule has 5 heteroatoms. The summed E-state index contributed by atoms with van der Waals surface area (Å²) in [5.41, 5.74) is 1.000. The molecule has 0 aliphatic carbocycles. The summed E-state index contributed by atoms with van der Waals surface area (Å²) in [5.74, 6) is 1.51. The number of hydrogen-bond donors (Lipinski definition) is 1. The smallest absolute Gasteiger partial charge is 0.231 e. The number of carbonyl (C=O) groups is 1. The molecule has 2 aromatic carbocycles. The van der Waals surface area contributed by atoms with Crippen LogP contribution in [0, 0.1) is 0 Å². The van der Waals surface area contributed by atoms with E-state index in [1.54, 1.807) is 4.90 Å². The van der Waals surface area contributed by atoms with E-state index in [2.05, 4.69) is 0 Å². The third kappa shape index (κ3) is 3.20. The standard InChI is InChI=1S/C20H21NO4/c22-19-9-11-20(23,21(19)13-16-4-2-1-3-5-16)10-8-15-6-7-17-18(12-15)25-14-24-17/h1-7,12,23H,8-11,13-14H2. The number of likely N-dealkylation sites (tertiary alicyclic amines) is 1. The number of benzene rings is 2. The third-order valence-corrected chi connectivity index (χ3v) is 4.98. The average Bonchev–Trinajstić information content (AvgIpc) is 3.21. The highest BCUT2D eigenvalue weighted by molar-refractivity contribution is 5.79. The molecule has 0 radical (unpaired) electrons. The number of amides is 1. The second kappa shape index (κ2) is 6.41. The SMILES string of the molecule is O=C1CCC(O)(CCc2ccc3c(c2)OCO3)N1Cc1ccccc1. The van der Waals surface area contributed by atoms with Crippen molar-refractivity contribution in [3.05, 3.63) is 59.7 Å². The fourth-order valence-corrected chi connectivity index (χ4v) is 3.51. The van der Waals surface area contributed by atoms with Crippen molar-refractivity contribution >= 4 is 5.91 Å². The molecule has 0 aromatic heterocycles. The van der Waals surface area contributed by atoms with Crippen LogP contribution in [0.25, 0.3) is 0 Å². The Hall–Kier alpha value is -2.53. The van der Waals surface area contributed by atoms with Crippen LogP contribution < -0.4 is 9.47 Å². The first-order valence-corrected chi connectivity index (χ1v) is 8.59. The first-order valence-electron chi connectivity index (χ1n) is 8.59. The van der Waals surface area contributed by atoms with E-state index < -0.39 is 5.72 Å². The Balaban J connectivity index is 1.47. The van der Waals surface area contributed by atoms with Gasteiger partial charge in [-0.25, -0.2) is 0 Å². The molecule has 2 heterocycles. The number of hydrogen-bond acceptors (Lipinski definition) is 4. The molecule has 1 atom stereocenters. The fourth-order valence-electron chi connectivity index (χ4n) is 3.51. The third-order valence-electron chi connectivity index (χ3n) is 4.98. The molecule has 2 aromatic rings. The van der Waals surface area contributed by atoms with E-state index >= 15 is 0 Å². The molecular formula is C20H21NO4. The summed E-state index contributed by atoms with van der Waals surface area (Å²) in [6.45, 7) is 0.694. The molecule has 5 nitrogen and oxygen atoms in total. The molecule has 1 saturated heterocycles. The van der Waals surface area contributed by atoms with Crippen LogP contribution in [0.3, 0.4) is 0 Å². The van der Waals surface area contributed by atoms with Crippen molar-refractivity contribution in [2.75, 3.05) is 6.79 Å². The highest BCUT2D eigenvalue weighted by atomic mass is 16.7. The lowest BCUT2D eigenvalue weighted by Crippen LogP contribution is -2.45. The van der Waals surface area contributed by atoms with E-state index in [9.17, 15) is 9.90 Å². The molecule has 1 fully saturated rings. The Morgan fingerprint density at radius 1 is 1.04 bits per heavy atom. The van der Waals surface area contributed by atoms with E-state index in [1.165, 1.54) is 0 Å². The van der Waals surface area contributed by atoms with E-state index in [1.807, 2.05) is 48.5 Å². The molecule has 1 amide bonds. The number of carbonyl (C=O) groups excluding carboxylic acids is 1. The van der Waals surface area contributed by atoms with Crippen LogP contribution in [-0.2, 0) is 17.8 Å². The lowest BCUT2D eigenvalue weighted by atomic mass is 9.99. The van der Waals surface area contributed by atoms with Crippen LogP contribution in [0.15, 0.2) is 48.5 Å². The summed E-state index contributed by atoms with van der Waals surface area (Å²) in [6, 6.07) is 15.6. The lowest BCUT2D eigenvalue weighted by Gasteiger charge is -2.34. The number of aryl methyl sites for hydroxylation is 1. The van der Waals surface area contributed by atoms with Gasteiger partial charge in [0.1, 0.15) is 5.72 Å². The fraction of sp³-hybridized carbons (Fsp3) is 0.350. The lowest BCUT2D eigenvalue weighted by molar-refractivity contribution is -0.148. The highest BCUT2D eigenvalue weighted by Crippen LogP contribution is 2.36. The van der Waals surface area contributed by atoms with Crippen LogP contribution in [0.2, 0.25) is 0 Å². The van der Waals surface area contributed by atoms with Crippen molar-refractivity contribution in [2.45, 2.75) is 38.0 Å². The molecule has 0 saturated carbocycles. The second-order valence-corrected chi connectivity index (χ2v) is 6.64. The molecule has 0 spiro atoms. The molecule has 2 aliphatic heterocycles. The van der Waals surface area contributed by atoms with Gasteiger partial charge in [-0.2, -0.15) is 0 Å². The van der Waals surface area contributed by atoms with Crippen LogP contribution >= 0.6 is 0 Å². The average molecular weight is 339 g/mol. The van der Waals surface area contributed by atoms with E-state index in [-0.39, 0.29) is 12.7 Å². The molecule has 1 N–H and O–H groups in total. The topological polar surface area (TPSA) is 59.0 Å². The Kier molecular flexibility index (Phi) is 4.09. The quantitative estimate of drug-likeness (QED) is 0.910. The van der Waals surface area contributed by atoms with Gasteiger partial charge in [0.15, 0.2) is 11.5 Å². The zero-order valence-electron chi connectivity index (χ0n) is 14.0. The molecule has 4 rings (SSSR count). The van der Waals surface area contributed by atoms with Crippen molar-refractivity contribution in [2.24, 2.45) is 0 Å². The van der Waals surface area contributed by atoms with Crippen molar-refractivity contribution in [1.82, 2.24) is 4.90 Å². The second-order valence-electron chi connectivity index (χ2n) is 6.64. The highest BCUT2D eigenvalue weighted by Gasteiger charge is 2.43. The van der Waals surface area contributed by atoms with Gasteiger partial charge in [-0.05, 0) is 36.1 Å². The zero-order chi connectivity index (χ0) is 17.3. The maximum absolute atomic E-state index is 12.3. The summed E-state index contributed by atoms with van der Waals surface area (Å²) < 4.78 is 10.7. The monoisotopic (exact) mass is 339 g/mol. The zero-order valence-corrected chi connectivity index (χ0v) is 14.0. The van der Waals surface area contributed by atoms with E-state index in [4.69, 9.17) is 9.47 Å². The van der Waals surface area contributed by atoms with E-state index in [0.29, 0.717) is 32.2 Å². The van der Waals surface area contributed by atoms with Crippen LogP contribution in [0.5, 0.6) is 11.5 Å². The molecule has 25 heavy (non-hydrogen) atoms. The number of ether oxygens (including phenoxy) is 2. The van der Waals surface area contributed by atoms with Gasteiger partial charge in [-0.1, -0.05) is 36.4 Å². The first kappa shape index (κ1) is 16.0. The molecular weight excluding hydrogens is 318 g/mol. The van der Waals surface area contributed by atoms with Gasteiger partial charge in [0.05, 0.1) is 0 Å². The number of rotatable bonds is 5. The summed E-state index contributed by atoms with van der Waals surface area (Å²) >= 11 is 0.